The number of nitrogens with two attached hydrogens (primary N) is 1. The highest BCUT2D eigenvalue weighted by Gasteiger charge is 2.22. The van der Waals surface area contributed by atoms with Crippen LogP contribution in [0.3, 0.4) is 0 Å². The Morgan fingerprint density at radius 3 is 2.82 bits per heavy atom. The molecule has 0 aromatic heterocycles. The van der Waals surface area contributed by atoms with Crippen molar-refractivity contribution in [2.75, 3.05) is 0 Å². The van der Waals surface area contributed by atoms with Crippen LogP contribution in [0, 0.1) is 5.92 Å². The fourth-order valence-corrected chi connectivity index (χ4v) is 1.65. The first-order chi connectivity index (χ1) is 5.24. The fraction of sp³-hybridized carbons (Fsp3) is 0.667. The van der Waals surface area contributed by atoms with Gasteiger partial charge in [-0.3, -0.25) is 4.79 Å². The van der Waals surface area contributed by atoms with Gasteiger partial charge < -0.3 is 5.73 Å². The quantitative estimate of drug-likeness (QED) is 0.607. The lowest BCUT2D eigenvalue weighted by Gasteiger charge is -2.24. The Morgan fingerprint density at radius 2 is 2.27 bits per heavy atom. The van der Waals surface area contributed by atoms with E-state index >= 15 is 0 Å². The summed E-state index contributed by atoms with van der Waals surface area (Å²) in [5.41, 5.74) is 5.73. The number of carbonyl (C=O) groups is 1. The Kier molecular flexibility index (Phi) is 2.83. The van der Waals surface area contributed by atoms with Gasteiger partial charge in [-0.25, -0.2) is 0 Å². The number of hydrogen-bond acceptors (Lipinski definition) is 2. The monoisotopic (exact) mass is 153 g/mol. The van der Waals surface area contributed by atoms with Crippen LogP contribution in [-0.4, -0.2) is 11.8 Å². The van der Waals surface area contributed by atoms with Crippen LogP contribution in [-0.2, 0) is 4.79 Å². The maximum absolute atomic E-state index is 11.1. The lowest BCUT2D eigenvalue weighted by atomic mass is 9.83. The van der Waals surface area contributed by atoms with E-state index in [9.17, 15) is 4.79 Å². The summed E-state index contributed by atoms with van der Waals surface area (Å²) in [5.74, 6) is 0.330. The van der Waals surface area contributed by atoms with E-state index in [0.29, 0.717) is 0 Å². The molecular formula is C9H15NO. The molecule has 1 aliphatic rings. The van der Waals surface area contributed by atoms with Crippen molar-refractivity contribution in [1.29, 1.82) is 0 Å². The Hall–Kier alpha value is -0.630. The van der Waals surface area contributed by atoms with Crippen LogP contribution in [0.1, 0.15) is 25.7 Å². The van der Waals surface area contributed by atoms with Crippen LogP contribution >= 0.6 is 0 Å². The molecule has 62 valence electrons. The Bertz CT molecular complexity index is 165. The van der Waals surface area contributed by atoms with Gasteiger partial charge in [0.2, 0.25) is 0 Å². The molecule has 2 N–H and O–H groups in total. The van der Waals surface area contributed by atoms with Crippen molar-refractivity contribution in [2.24, 2.45) is 11.7 Å². The predicted molar refractivity (Wildman–Crippen MR) is 45.1 cm³/mol. The first-order valence-corrected chi connectivity index (χ1v) is 4.16. The van der Waals surface area contributed by atoms with Gasteiger partial charge in [0.05, 0.1) is 0 Å². The standard InChI is InChI=1S/C9H15NO/c1-2-9(11)7-4-3-5-8(10)6-7/h2,7-8H,1,3-6,10H2/t7-,8+/m1/s1. The van der Waals surface area contributed by atoms with Gasteiger partial charge in [0.25, 0.3) is 0 Å². The number of carbonyl (C=O) groups excluding carboxylic acids is 1. The summed E-state index contributed by atoms with van der Waals surface area (Å²) in [7, 11) is 0. The third kappa shape index (κ3) is 2.15. The van der Waals surface area contributed by atoms with Gasteiger partial charge in [-0.05, 0) is 25.3 Å². The highest BCUT2D eigenvalue weighted by atomic mass is 16.1. The van der Waals surface area contributed by atoms with Gasteiger partial charge in [0.15, 0.2) is 5.78 Å². The zero-order valence-electron chi connectivity index (χ0n) is 6.75. The third-order valence-corrected chi connectivity index (χ3v) is 2.32. The molecule has 0 bridgehead atoms. The first kappa shape index (κ1) is 8.47. The van der Waals surface area contributed by atoms with Gasteiger partial charge in [-0.15, -0.1) is 0 Å². The zero-order valence-corrected chi connectivity index (χ0v) is 6.75. The van der Waals surface area contributed by atoms with Crippen LogP contribution in [0.5, 0.6) is 0 Å². The second-order valence-corrected chi connectivity index (χ2v) is 3.23. The van der Waals surface area contributed by atoms with Crippen LogP contribution in [0.2, 0.25) is 0 Å². The highest BCUT2D eigenvalue weighted by Crippen LogP contribution is 2.23. The minimum absolute atomic E-state index is 0.163. The Balaban J connectivity index is 2.45. The van der Waals surface area contributed by atoms with Crippen molar-refractivity contribution in [3.63, 3.8) is 0 Å². The molecule has 0 heterocycles. The molecule has 1 rings (SSSR count). The van der Waals surface area contributed by atoms with E-state index in [1.54, 1.807) is 0 Å². The molecule has 0 aromatic carbocycles. The third-order valence-electron chi connectivity index (χ3n) is 2.32. The van der Waals surface area contributed by atoms with Gasteiger partial charge >= 0.3 is 0 Å². The Labute approximate surface area is 67.5 Å². The lowest BCUT2D eigenvalue weighted by molar-refractivity contribution is -0.119. The summed E-state index contributed by atoms with van der Waals surface area (Å²) in [6.07, 6.45) is 5.43. The molecule has 0 saturated heterocycles. The molecule has 2 atom stereocenters. The molecule has 1 saturated carbocycles. The topological polar surface area (TPSA) is 43.1 Å². The normalized spacial score (nSPS) is 31.4. The molecule has 2 heteroatoms. The molecule has 0 aliphatic heterocycles. The minimum Gasteiger partial charge on any atom is -0.328 e. The number of allylic oxidation sites excluding steroid dienone is 1. The van der Waals surface area contributed by atoms with Crippen molar-refractivity contribution >= 4 is 5.78 Å². The van der Waals surface area contributed by atoms with E-state index < -0.39 is 0 Å². The summed E-state index contributed by atoms with van der Waals surface area (Å²) >= 11 is 0. The van der Waals surface area contributed by atoms with E-state index in [-0.39, 0.29) is 17.7 Å². The van der Waals surface area contributed by atoms with Gasteiger partial charge in [-0.1, -0.05) is 13.0 Å². The summed E-state index contributed by atoms with van der Waals surface area (Å²) in [4.78, 5) is 11.1. The maximum atomic E-state index is 11.1. The molecule has 0 amide bonds. The summed E-state index contributed by atoms with van der Waals surface area (Å²) in [6.45, 7) is 3.47. The molecule has 0 radical (unpaired) electrons. The second kappa shape index (κ2) is 3.67. The smallest absolute Gasteiger partial charge is 0.158 e. The zero-order chi connectivity index (χ0) is 8.27. The molecule has 0 spiro atoms. The first-order valence-electron chi connectivity index (χ1n) is 4.16. The Morgan fingerprint density at radius 1 is 1.55 bits per heavy atom. The fourth-order valence-electron chi connectivity index (χ4n) is 1.65. The van der Waals surface area contributed by atoms with Crippen molar-refractivity contribution in [3.05, 3.63) is 12.7 Å². The molecule has 1 aliphatic carbocycles. The van der Waals surface area contributed by atoms with E-state index in [2.05, 4.69) is 6.58 Å². The average molecular weight is 153 g/mol. The van der Waals surface area contributed by atoms with Gasteiger partial charge in [0, 0.05) is 12.0 Å². The second-order valence-electron chi connectivity index (χ2n) is 3.23. The summed E-state index contributed by atoms with van der Waals surface area (Å²) in [6, 6.07) is 0.234. The van der Waals surface area contributed by atoms with E-state index in [4.69, 9.17) is 5.73 Å². The predicted octanol–water partition coefficient (Wildman–Crippen LogP) is 1.26. The van der Waals surface area contributed by atoms with E-state index in [1.807, 2.05) is 0 Å². The molecule has 0 unspecified atom stereocenters. The molecule has 2 nitrogen and oxygen atoms in total. The van der Waals surface area contributed by atoms with Crippen LogP contribution < -0.4 is 5.73 Å². The average Bonchev–Trinajstić information content (AvgIpc) is 2.03. The number of ketones is 1. The number of rotatable bonds is 2. The van der Waals surface area contributed by atoms with Crippen molar-refractivity contribution < 1.29 is 4.79 Å². The van der Waals surface area contributed by atoms with Crippen LogP contribution in [0.15, 0.2) is 12.7 Å². The van der Waals surface area contributed by atoms with Crippen molar-refractivity contribution in [3.8, 4) is 0 Å². The lowest BCUT2D eigenvalue weighted by Crippen LogP contribution is -2.30. The molecule has 0 aromatic rings. The molecule has 1 fully saturated rings. The van der Waals surface area contributed by atoms with E-state index in [0.717, 1.165) is 25.7 Å². The van der Waals surface area contributed by atoms with Crippen molar-refractivity contribution in [1.82, 2.24) is 0 Å². The maximum Gasteiger partial charge on any atom is 0.158 e. The number of hydrogen-bond donors (Lipinski definition) is 1. The summed E-state index contributed by atoms with van der Waals surface area (Å²) in [5, 5.41) is 0. The van der Waals surface area contributed by atoms with Gasteiger partial charge in [0.1, 0.15) is 0 Å². The highest BCUT2D eigenvalue weighted by molar-refractivity contribution is 5.91. The largest absolute Gasteiger partial charge is 0.328 e. The van der Waals surface area contributed by atoms with E-state index in [1.165, 1.54) is 6.08 Å². The van der Waals surface area contributed by atoms with Gasteiger partial charge in [-0.2, -0.15) is 0 Å². The minimum atomic E-state index is 0.163. The van der Waals surface area contributed by atoms with Crippen LogP contribution in [0.4, 0.5) is 0 Å². The van der Waals surface area contributed by atoms with Crippen LogP contribution in [0.25, 0.3) is 0 Å². The molecule has 11 heavy (non-hydrogen) atoms. The SMILES string of the molecule is C=CC(=O)[C@@H]1CCC[C@H](N)C1. The van der Waals surface area contributed by atoms with Crippen molar-refractivity contribution in [2.45, 2.75) is 31.7 Å². The molecular weight excluding hydrogens is 138 g/mol. The summed E-state index contributed by atoms with van der Waals surface area (Å²) < 4.78 is 0.